The summed E-state index contributed by atoms with van der Waals surface area (Å²) in [7, 11) is 0. The molecule has 1 aromatic heterocycles. The first-order valence-electron chi connectivity index (χ1n) is 7.71. The third kappa shape index (κ3) is 2.08. The topological polar surface area (TPSA) is 80.5 Å². The highest BCUT2D eigenvalue weighted by Gasteiger charge is 2.50. The van der Waals surface area contributed by atoms with Gasteiger partial charge in [0.05, 0.1) is 6.04 Å². The molecule has 1 heterocycles. The molecular weight excluding hydrogens is 238 g/mol. The molecule has 19 heavy (non-hydrogen) atoms. The average Bonchev–Trinajstić information content (AvgIpc) is 2.88. The van der Waals surface area contributed by atoms with Gasteiger partial charge in [0.15, 0.2) is 5.82 Å². The molecule has 4 saturated carbocycles. The fourth-order valence-electron chi connectivity index (χ4n) is 5.51. The van der Waals surface area contributed by atoms with Crippen LogP contribution in [0.5, 0.6) is 0 Å². The van der Waals surface area contributed by atoms with Gasteiger partial charge in [0, 0.05) is 0 Å². The van der Waals surface area contributed by atoms with Gasteiger partial charge in [-0.05, 0) is 74.5 Å². The Morgan fingerprint density at radius 2 is 1.79 bits per heavy atom. The number of aromatic amines is 1. The zero-order chi connectivity index (χ0) is 12.9. The summed E-state index contributed by atoms with van der Waals surface area (Å²) in [6.07, 6.45) is 11.2. The molecule has 0 spiro atoms. The van der Waals surface area contributed by atoms with E-state index in [0.29, 0.717) is 11.2 Å². The summed E-state index contributed by atoms with van der Waals surface area (Å²) in [6, 6.07) is -0.0493. The molecule has 4 aliphatic carbocycles. The van der Waals surface area contributed by atoms with Crippen LogP contribution in [0.1, 0.15) is 63.2 Å². The van der Waals surface area contributed by atoms with Gasteiger partial charge in [-0.15, -0.1) is 10.2 Å². The molecule has 4 fully saturated rings. The standard InChI is InChI=1S/C14H23N5/c15-12(13-16-18-19-17-13)1-2-14-6-9-3-10(7-14)5-11(4-9)8-14/h9-12H,1-8,15H2,(H,16,17,18,19). The highest BCUT2D eigenvalue weighted by molar-refractivity contribution is 5.02. The molecule has 5 rings (SSSR count). The summed E-state index contributed by atoms with van der Waals surface area (Å²) in [5.41, 5.74) is 6.79. The average molecular weight is 261 g/mol. The first-order chi connectivity index (χ1) is 9.22. The molecule has 1 unspecified atom stereocenters. The predicted octanol–water partition coefficient (Wildman–Crippen LogP) is 2.20. The van der Waals surface area contributed by atoms with Gasteiger partial charge in [-0.25, -0.2) is 0 Å². The minimum Gasteiger partial charge on any atom is -0.321 e. The Hall–Kier alpha value is -0.970. The van der Waals surface area contributed by atoms with Gasteiger partial charge < -0.3 is 5.73 Å². The van der Waals surface area contributed by atoms with Crippen LogP contribution in [0.15, 0.2) is 0 Å². The van der Waals surface area contributed by atoms with Gasteiger partial charge in [-0.1, -0.05) is 5.21 Å². The maximum Gasteiger partial charge on any atom is 0.191 e. The van der Waals surface area contributed by atoms with Gasteiger partial charge in [0.2, 0.25) is 0 Å². The van der Waals surface area contributed by atoms with Gasteiger partial charge in [0.1, 0.15) is 0 Å². The second kappa shape index (κ2) is 4.27. The molecule has 4 bridgehead atoms. The number of nitrogens with two attached hydrogens (primary N) is 1. The van der Waals surface area contributed by atoms with Crippen LogP contribution >= 0.6 is 0 Å². The Kier molecular flexibility index (Phi) is 2.65. The van der Waals surface area contributed by atoms with Gasteiger partial charge in [-0.3, -0.25) is 0 Å². The zero-order valence-corrected chi connectivity index (χ0v) is 11.4. The fourth-order valence-corrected chi connectivity index (χ4v) is 5.51. The molecule has 5 nitrogen and oxygen atoms in total. The summed E-state index contributed by atoms with van der Waals surface area (Å²) < 4.78 is 0. The first kappa shape index (κ1) is 11.8. The molecule has 0 aliphatic heterocycles. The van der Waals surface area contributed by atoms with Crippen molar-refractivity contribution in [3.8, 4) is 0 Å². The molecule has 0 amide bonds. The van der Waals surface area contributed by atoms with Crippen molar-refractivity contribution in [3.63, 3.8) is 0 Å². The van der Waals surface area contributed by atoms with Gasteiger partial charge in [-0.2, -0.15) is 5.21 Å². The van der Waals surface area contributed by atoms with Crippen LogP contribution in [0.2, 0.25) is 0 Å². The number of nitrogens with one attached hydrogen (secondary N) is 1. The third-order valence-electron chi connectivity index (χ3n) is 5.84. The highest BCUT2D eigenvalue weighted by Crippen LogP contribution is 2.61. The summed E-state index contributed by atoms with van der Waals surface area (Å²) in [5, 5.41) is 14.1. The van der Waals surface area contributed by atoms with Crippen molar-refractivity contribution in [1.82, 2.24) is 20.6 Å². The Morgan fingerprint density at radius 1 is 1.16 bits per heavy atom. The monoisotopic (exact) mass is 261 g/mol. The maximum absolute atomic E-state index is 6.18. The molecule has 104 valence electrons. The number of rotatable bonds is 4. The Labute approximate surface area is 113 Å². The van der Waals surface area contributed by atoms with E-state index in [-0.39, 0.29) is 6.04 Å². The molecular formula is C14H23N5. The number of aromatic nitrogens is 4. The van der Waals surface area contributed by atoms with Crippen molar-refractivity contribution in [1.29, 1.82) is 0 Å². The Bertz CT molecular complexity index is 405. The molecule has 0 aromatic carbocycles. The lowest BCUT2D eigenvalue weighted by Crippen LogP contribution is -2.46. The maximum atomic E-state index is 6.18. The van der Waals surface area contributed by atoms with Crippen molar-refractivity contribution < 1.29 is 0 Å². The number of H-pyrrole nitrogens is 1. The van der Waals surface area contributed by atoms with E-state index in [1.54, 1.807) is 0 Å². The second-order valence-electron chi connectivity index (χ2n) is 7.33. The lowest BCUT2D eigenvalue weighted by molar-refractivity contribution is -0.0589. The SMILES string of the molecule is NC(CCC12CC3CC(CC(C3)C1)C2)c1nn[nH]n1. The normalized spacial score (nSPS) is 41.6. The molecule has 5 heteroatoms. The molecule has 3 N–H and O–H groups in total. The van der Waals surface area contributed by atoms with Crippen LogP contribution in [-0.4, -0.2) is 20.6 Å². The number of nitrogens with zero attached hydrogens (tertiary/aromatic N) is 3. The predicted molar refractivity (Wildman–Crippen MR) is 70.9 cm³/mol. The van der Waals surface area contributed by atoms with Crippen molar-refractivity contribution >= 4 is 0 Å². The van der Waals surface area contributed by atoms with E-state index in [0.717, 1.165) is 24.2 Å². The fraction of sp³-hybridized carbons (Fsp3) is 0.929. The lowest BCUT2D eigenvalue weighted by Gasteiger charge is -2.57. The third-order valence-corrected chi connectivity index (χ3v) is 5.84. The summed E-state index contributed by atoms with van der Waals surface area (Å²) >= 11 is 0. The van der Waals surface area contributed by atoms with Crippen LogP contribution in [0.25, 0.3) is 0 Å². The van der Waals surface area contributed by atoms with E-state index in [9.17, 15) is 0 Å². The Morgan fingerprint density at radius 3 is 2.32 bits per heavy atom. The van der Waals surface area contributed by atoms with Crippen molar-refractivity contribution in [2.75, 3.05) is 0 Å². The number of hydrogen-bond donors (Lipinski definition) is 2. The Balaban J connectivity index is 1.42. The second-order valence-corrected chi connectivity index (χ2v) is 7.33. The van der Waals surface area contributed by atoms with Crippen LogP contribution in [-0.2, 0) is 0 Å². The molecule has 1 aromatic rings. The summed E-state index contributed by atoms with van der Waals surface area (Å²) in [6.45, 7) is 0. The van der Waals surface area contributed by atoms with Crippen LogP contribution in [0, 0.1) is 23.2 Å². The molecule has 0 saturated heterocycles. The van der Waals surface area contributed by atoms with E-state index in [1.165, 1.54) is 44.9 Å². The van der Waals surface area contributed by atoms with Gasteiger partial charge in [0.25, 0.3) is 0 Å². The lowest BCUT2D eigenvalue weighted by atomic mass is 9.48. The van der Waals surface area contributed by atoms with E-state index < -0.39 is 0 Å². The van der Waals surface area contributed by atoms with Crippen molar-refractivity contribution in [3.05, 3.63) is 5.82 Å². The largest absolute Gasteiger partial charge is 0.321 e. The van der Waals surface area contributed by atoms with E-state index in [4.69, 9.17) is 5.73 Å². The molecule has 1 atom stereocenters. The summed E-state index contributed by atoms with van der Waals surface area (Å²) in [4.78, 5) is 0. The van der Waals surface area contributed by atoms with Crippen molar-refractivity contribution in [2.45, 2.75) is 57.4 Å². The first-order valence-corrected chi connectivity index (χ1v) is 7.71. The molecule has 0 radical (unpaired) electrons. The van der Waals surface area contributed by atoms with E-state index in [1.807, 2.05) is 0 Å². The summed E-state index contributed by atoms with van der Waals surface area (Å²) in [5.74, 6) is 3.73. The van der Waals surface area contributed by atoms with E-state index >= 15 is 0 Å². The van der Waals surface area contributed by atoms with Crippen molar-refractivity contribution in [2.24, 2.45) is 28.9 Å². The smallest absolute Gasteiger partial charge is 0.191 e. The van der Waals surface area contributed by atoms with Crippen LogP contribution < -0.4 is 5.73 Å². The van der Waals surface area contributed by atoms with Gasteiger partial charge >= 0.3 is 0 Å². The highest BCUT2D eigenvalue weighted by atomic mass is 15.5. The minimum absolute atomic E-state index is 0.0493. The van der Waals surface area contributed by atoms with E-state index in [2.05, 4.69) is 20.6 Å². The van der Waals surface area contributed by atoms with Crippen LogP contribution in [0.4, 0.5) is 0 Å². The zero-order valence-electron chi connectivity index (χ0n) is 11.4. The quantitative estimate of drug-likeness (QED) is 0.870. The number of tetrazole rings is 1. The van der Waals surface area contributed by atoms with Crippen LogP contribution in [0.3, 0.4) is 0 Å². The number of hydrogen-bond acceptors (Lipinski definition) is 4. The molecule has 4 aliphatic rings. The minimum atomic E-state index is -0.0493.